The lowest BCUT2D eigenvalue weighted by atomic mass is 9.96. The number of hydrogen-bond acceptors (Lipinski definition) is 3. The third-order valence-electron chi connectivity index (χ3n) is 4.44. The Balaban J connectivity index is 1.93. The second-order valence-corrected chi connectivity index (χ2v) is 6.38. The van der Waals surface area contributed by atoms with Crippen molar-refractivity contribution in [2.45, 2.75) is 45.8 Å². The number of carbonyl (C=O) groups excluding carboxylic acids is 1. The summed E-state index contributed by atoms with van der Waals surface area (Å²) in [6, 6.07) is 9.01. The van der Waals surface area contributed by atoms with E-state index in [2.05, 4.69) is 29.6 Å². The van der Waals surface area contributed by atoms with E-state index >= 15 is 0 Å². The Morgan fingerprint density at radius 2 is 1.88 bits per heavy atom. The summed E-state index contributed by atoms with van der Waals surface area (Å²) in [7, 11) is 1.93. The molecule has 1 heterocycles. The number of aryl methyl sites for hydroxylation is 2. The molecule has 1 atom stereocenters. The summed E-state index contributed by atoms with van der Waals surface area (Å²) < 4.78 is 1.88. The maximum absolute atomic E-state index is 12.1. The lowest BCUT2D eigenvalue weighted by Gasteiger charge is -2.24. The van der Waals surface area contributed by atoms with Crippen molar-refractivity contribution in [3.8, 4) is 0 Å². The minimum atomic E-state index is -1.12. The summed E-state index contributed by atoms with van der Waals surface area (Å²) in [5.74, 6) is 0. The van der Waals surface area contributed by atoms with E-state index in [1.54, 1.807) is 6.92 Å². The van der Waals surface area contributed by atoms with Crippen LogP contribution in [0.1, 0.15) is 43.3 Å². The first-order valence-electron chi connectivity index (χ1n) is 8.72. The largest absolute Gasteiger partial charge is 0.384 e. The van der Waals surface area contributed by atoms with Crippen LogP contribution in [0, 0.1) is 0 Å². The number of carbonyl (C=O) groups is 1. The third kappa shape index (κ3) is 4.60. The van der Waals surface area contributed by atoms with Crippen LogP contribution in [-0.2, 0) is 32.0 Å². The van der Waals surface area contributed by atoms with E-state index in [1.807, 2.05) is 42.1 Å². The second kappa shape index (κ2) is 8.16. The van der Waals surface area contributed by atoms with Crippen molar-refractivity contribution < 1.29 is 9.90 Å². The van der Waals surface area contributed by atoms with Gasteiger partial charge in [-0.05, 0) is 25.3 Å². The first kappa shape index (κ1) is 19.0. The molecule has 0 aliphatic heterocycles. The van der Waals surface area contributed by atoms with Crippen LogP contribution in [0.25, 0.3) is 0 Å². The van der Waals surface area contributed by atoms with E-state index in [4.69, 9.17) is 0 Å². The molecule has 0 saturated carbocycles. The molecule has 0 fully saturated rings. The van der Waals surface area contributed by atoms with Gasteiger partial charge in [0.2, 0.25) is 0 Å². The molecule has 136 valence electrons. The lowest BCUT2D eigenvalue weighted by Crippen LogP contribution is -2.43. The summed E-state index contributed by atoms with van der Waals surface area (Å²) in [6.07, 6.45) is 1.69. The standard InChI is InChI=1S/C19H28N4O2/c1-5-16-15(17(6-2)23(4)22-16)12-20-18(24)21-13-19(3,25)14-10-8-7-9-11-14/h7-11,25H,5-6,12-13H2,1-4H3,(H2,20,21,24). The van der Waals surface area contributed by atoms with E-state index in [0.29, 0.717) is 6.54 Å². The van der Waals surface area contributed by atoms with Gasteiger partial charge in [0.05, 0.1) is 12.2 Å². The second-order valence-electron chi connectivity index (χ2n) is 6.38. The van der Waals surface area contributed by atoms with Gasteiger partial charge in [-0.15, -0.1) is 0 Å². The van der Waals surface area contributed by atoms with Crippen LogP contribution >= 0.6 is 0 Å². The van der Waals surface area contributed by atoms with Crippen molar-refractivity contribution in [1.82, 2.24) is 20.4 Å². The number of aliphatic hydroxyl groups is 1. The molecule has 1 unspecified atom stereocenters. The Morgan fingerprint density at radius 3 is 2.48 bits per heavy atom. The van der Waals surface area contributed by atoms with Crippen LogP contribution in [0.4, 0.5) is 4.79 Å². The number of nitrogens with one attached hydrogen (secondary N) is 2. The number of amides is 2. The van der Waals surface area contributed by atoms with E-state index < -0.39 is 5.60 Å². The number of urea groups is 1. The van der Waals surface area contributed by atoms with Gasteiger partial charge >= 0.3 is 6.03 Å². The van der Waals surface area contributed by atoms with Gasteiger partial charge in [0.25, 0.3) is 0 Å². The monoisotopic (exact) mass is 344 g/mol. The van der Waals surface area contributed by atoms with Gasteiger partial charge in [0.1, 0.15) is 5.60 Å². The lowest BCUT2D eigenvalue weighted by molar-refractivity contribution is 0.0594. The molecule has 2 rings (SSSR count). The number of aromatic nitrogens is 2. The van der Waals surface area contributed by atoms with E-state index in [-0.39, 0.29) is 12.6 Å². The van der Waals surface area contributed by atoms with Gasteiger partial charge in [-0.25, -0.2) is 4.79 Å². The van der Waals surface area contributed by atoms with Crippen LogP contribution in [0.3, 0.4) is 0 Å². The molecule has 1 aromatic heterocycles. The zero-order valence-electron chi connectivity index (χ0n) is 15.5. The van der Waals surface area contributed by atoms with Gasteiger partial charge in [-0.1, -0.05) is 44.2 Å². The van der Waals surface area contributed by atoms with Gasteiger partial charge in [0.15, 0.2) is 0 Å². The normalized spacial score (nSPS) is 13.3. The molecule has 3 N–H and O–H groups in total. The summed E-state index contributed by atoms with van der Waals surface area (Å²) in [5, 5.41) is 20.7. The van der Waals surface area contributed by atoms with E-state index in [0.717, 1.165) is 35.4 Å². The fourth-order valence-electron chi connectivity index (χ4n) is 2.98. The SMILES string of the molecule is CCc1nn(C)c(CC)c1CNC(=O)NCC(C)(O)c1ccccc1. The highest BCUT2D eigenvalue weighted by molar-refractivity contribution is 5.74. The first-order valence-corrected chi connectivity index (χ1v) is 8.72. The van der Waals surface area contributed by atoms with E-state index in [1.165, 1.54) is 0 Å². The molecule has 1 aromatic carbocycles. The molecule has 0 aliphatic rings. The Hall–Kier alpha value is -2.34. The summed E-state index contributed by atoms with van der Waals surface area (Å²) in [6.45, 7) is 6.39. The summed E-state index contributed by atoms with van der Waals surface area (Å²) in [5.41, 5.74) is 2.88. The van der Waals surface area contributed by atoms with Crippen molar-refractivity contribution in [2.24, 2.45) is 7.05 Å². The highest BCUT2D eigenvalue weighted by atomic mass is 16.3. The predicted octanol–water partition coefficient (Wildman–Crippen LogP) is 2.25. The molecule has 2 amide bonds. The molecule has 6 heteroatoms. The number of rotatable bonds is 7. The Morgan fingerprint density at radius 1 is 1.20 bits per heavy atom. The highest BCUT2D eigenvalue weighted by Gasteiger charge is 2.23. The summed E-state index contributed by atoms with van der Waals surface area (Å²) in [4.78, 5) is 12.1. The fourth-order valence-corrected chi connectivity index (χ4v) is 2.98. The smallest absolute Gasteiger partial charge is 0.315 e. The van der Waals surface area contributed by atoms with Crippen molar-refractivity contribution in [2.75, 3.05) is 6.54 Å². The highest BCUT2D eigenvalue weighted by Crippen LogP contribution is 2.19. The zero-order chi connectivity index (χ0) is 18.4. The minimum Gasteiger partial charge on any atom is -0.384 e. The van der Waals surface area contributed by atoms with Crippen LogP contribution in [0.2, 0.25) is 0 Å². The molecule has 0 saturated heterocycles. The van der Waals surface area contributed by atoms with E-state index in [9.17, 15) is 9.90 Å². The van der Waals surface area contributed by atoms with Crippen LogP contribution in [0.5, 0.6) is 0 Å². The quantitative estimate of drug-likeness (QED) is 0.721. The Labute approximate surface area is 149 Å². The van der Waals surface area contributed by atoms with Crippen molar-refractivity contribution in [3.63, 3.8) is 0 Å². The maximum Gasteiger partial charge on any atom is 0.315 e. The molecule has 25 heavy (non-hydrogen) atoms. The van der Waals surface area contributed by atoms with Crippen molar-refractivity contribution in [3.05, 3.63) is 52.8 Å². The average Bonchev–Trinajstić information content (AvgIpc) is 2.93. The third-order valence-corrected chi connectivity index (χ3v) is 4.44. The summed E-state index contributed by atoms with van der Waals surface area (Å²) >= 11 is 0. The van der Waals surface area contributed by atoms with Gasteiger partial charge < -0.3 is 15.7 Å². The number of nitrogens with zero attached hydrogens (tertiary/aromatic N) is 2. The topological polar surface area (TPSA) is 79.2 Å². The van der Waals surface area contributed by atoms with Crippen LogP contribution in [0.15, 0.2) is 30.3 Å². The van der Waals surface area contributed by atoms with Gasteiger partial charge in [0, 0.05) is 24.8 Å². The maximum atomic E-state index is 12.1. The van der Waals surface area contributed by atoms with Gasteiger partial charge in [-0.3, -0.25) is 4.68 Å². The number of hydrogen-bond donors (Lipinski definition) is 3. The molecule has 2 aromatic rings. The molecular weight excluding hydrogens is 316 g/mol. The van der Waals surface area contributed by atoms with Gasteiger partial charge in [-0.2, -0.15) is 5.10 Å². The molecule has 6 nitrogen and oxygen atoms in total. The first-order chi connectivity index (χ1) is 11.9. The Kier molecular flexibility index (Phi) is 6.20. The average molecular weight is 344 g/mol. The van der Waals surface area contributed by atoms with Crippen LogP contribution < -0.4 is 10.6 Å². The number of benzene rings is 1. The molecule has 0 aliphatic carbocycles. The zero-order valence-corrected chi connectivity index (χ0v) is 15.5. The van der Waals surface area contributed by atoms with Crippen molar-refractivity contribution in [1.29, 1.82) is 0 Å². The Bertz CT molecular complexity index is 708. The molecule has 0 spiro atoms. The molecule has 0 radical (unpaired) electrons. The molecule has 0 bridgehead atoms. The predicted molar refractivity (Wildman–Crippen MR) is 98.2 cm³/mol. The molecular formula is C19H28N4O2. The van der Waals surface area contributed by atoms with Crippen molar-refractivity contribution >= 4 is 6.03 Å². The fraction of sp³-hybridized carbons (Fsp3) is 0.474. The van der Waals surface area contributed by atoms with Crippen LogP contribution in [-0.4, -0.2) is 27.5 Å². The minimum absolute atomic E-state index is 0.136.